The normalized spacial score (nSPS) is 18.5. The third-order valence-electron chi connectivity index (χ3n) is 4.86. The molecule has 1 saturated heterocycles. The summed E-state index contributed by atoms with van der Waals surface area (Å²) in [4.78, 5) is 8.18. The van der Waals surface area contributed by atoms with Crippen LogP contribution in [0.4, 0.5) is 0 Å². The van der Waals surface area contributed by atoms with Crippen molar-refractivity contribution >= 4 is 0 Å². The fraction of sp³-hybridized carbons (Fsp3) is 0.450. The van der Waals surface area contributed by atoms with Crippen molar-refractivity contribution in [1.29, 1.82) is 0 Å². The van der Waals surface area contributed by atoms with Crippen LogP contribution in [-0.2, 0) is 0 Å². The van der Waals surface area contributed by atoms with Crippen molar-refractivity contribution in [3.8, 4) is 28.7 Å². The second-order valence-corrected chi connectivity index (χ2v) is 8.70. The monoisotopic (exact) mass is 395 g/mol. The number of piperidine rings is 1. The second-order valence-electron chi connectivity index (χ2n) is 8.70. The summed E-state index contributed by atoms with van der Waals surface area (Å²) in [6, 6.07) is 5.07. The van der Waals surface area contributed by atoms with Gasteiger partial charge in [-0.15, -0.1) is 10.2 Å². The molecule has 4 rings (SSSR count). The van der Waals surface area contributed by atoms with E-state index >= 15 is 0 Å². The van der Waals surface area contributed by atoms with Crippen LogP contribution in [0.3, 0.4) is 0 Å². The van der Waals surface area contributed by atoms with Crippen molar-refractivity contribution in [3.05, 3.63) is 37.1 Å². The average molecular weight is 395 g/mol. The lowest BCUT2D eigenvalue weighted by molar-refractivity contribution is 0.0524. The predicted octanol–water partition coefficient (Wildman–Crippen LogP) is 2.51. The summed E-state index contributed by atoms with van der Waals surface area (Å²) in [5.74, 6) is 0.453. The minimum Gasteiger partial charge on any atom is -0.506 e. The Morgan fingerprint density at radius 2 is 1.90 bits per heavy atom. The van der Waals surface area contributed by atoms with E-state index in [4.69, 9.17) is 4.74 Å². The quantitative estimate of drug-likeness (QED) is 0.693. The van der Waals surface area contributed by atoms with Gasteiger partial charge in [0.15, 0.2) is 0 Å². The smallest absolute Gasteiger partial charge is 0.233 e. The van der Waals surface area contributed by atoms with Gasteiger partial charge in [0.05, 0.1) is 11.9 Å². The molecule has 1 aliphatic heterocycles. The van der Waals surface area contributed by atoms with Crippen LogP contribution in [0.5, 0.6) is 11.6 Å². The highest BCUT2D eigenvalue weighted by Crippen LogP contribution is 2.31. The van der Waals surface area contributed by atoms with Crippen LogP contribution in [0.1, 0.15) is 40.5 Å². The zero-order valence-corrected chi connectivity index (χ0v) is 17.0. The number of aromatic hydroxyl groups is 1. The molecule has 0 saturated carbocycles. The van der Waals surface area contributed by atoms with E-state index < -0.39 is 0 Å². The molecule has 0 atom stereocenters. The SMILES string of the molecule is CC1(C)CC(Oc2ccc(-c3ncc(-n4cncn4)cc3O)nn2)CC(C)(C)N1. The Balaban J connectivity index is 1.50. The van der Waals surface area contributed by atoms with E-state index in [-0.39, 0.29) is 22.9 Å². The lowest BCUT2D eigenvalue weighted by Crippen LogP contribution is -2.60. The highest BCUT2D eigenvalue weighted by molar-refractivity contribution is 5.63. The molecular weight excluding hydrogens is 370 g/mol. The van der Waals surface area contributed by atoms with E-state index in [1.54, 1.807) is 24.4 Å². The van der Waals surface area contributed by atoms with E-state index in [9.17, 15) is 5.11 Å². The van der Waals surface area contributed by atoms with Crippen molar-refractivity contribution in [2.24, 2.45) is 0 Å². The van der Waals surface area contributed by atoms with Gasteiger partial charge in [-0.1, -0.05) is 0 Å². The fourth-order valence-electron chi connectivity index (χ4n) is 4.10. The molecule has 1 aliphatic rings. The molecule has 152 valence electrons. The fourth-order valence-corrected chi connectivity index (χ4v) is 4.10. The van der Waals surface area contributed by atoms with Crippen molar-refractivity contribution < 1.29 is 9.84 Å². The van der Waals surface area contributed by atoms with Crippen molar-refractivity contribution in [2.75, 3.05) is 0 Å². The Kier molecular flexibility index (Phi) is 4.70. The van der Waals surface area contributed by atoms with Gasteiger partial charge in [-0.25, -0.2) is 14.6 Å². The lowest BCUT2D eigenvalue weighted by Gasteiger charge is -2.46. The van der Waals surface area contributed by atoms with Gasteiger partial charge in [-0.2, -0.15) is 5.10 Å². The largest absolute Gasteiger partial charge is 0.506 e. The number of rotatable bonds is 4. The number of nitrogens with zero attached hydrogens (tertiary/aromatic N) is 6. The minimum atomic E-state index is -0.0126. The first-order chi connectivity index (χ1) is 13.7. The molecule has 0 unspecified atom stereocenters. The van der Waals surface area contributed by atoms with E-state index in [1.165, 1.54) is 17.3 Å². The number of aromatic nitrogens is 6. The molecule has 0 radical (unpaired) electrons. The van der Waals surface area contributed by atoms with Crippen LogP contribution in [0, 0.1) is 0 Å². The Hall–Kier alpha value is -3.07. The topological polar surface area (TPSA) is 111 Å². The Morgan fingerprint density at radius 3 is 2.48 bits per heavy atom. The summed E-state index contributed by atoms with van der Waals surface area (Å²) in [6.07, 6.45) is 6.35. The van der Waals surface area contributed by atoms with E-state index in [0.717, 1.165) is 12.8 Å². The molecule has 29 heavy (non-hydrogen) atoms. The predicted molar refractivity (Wildman–Crippen MR) is 107 cm³/mol. The van der Waals surface area contributed by atoms with Crippen LogP contribution in [0.25, 0.3) is 17.1 Å². The molecule has 9 nitrogen and oxygen atoms in total. The zero-order chi connectivity index (χ0) is 20.6. The Bertz CT molecular complexity index is 969. The summed E-state index contributed by atoms with van der Waals surface area (Å²) in [5.41, 5.74) is 1.39. The van der Waals surface area contributed by atoms with Crippen LogP contribution >= 0.6 is 0 Å². The van der Waals surface area contributed by atoms with Gasteiger partial charge in [0.2, 0.25) is 5.88 Å². The second kappa shape index (κ2) is 7.07. The molecule has 0 spiro atoms. The van der Waals surface area contributed by atoms with Gasteiger partial charge < -0.3 is 15.2 Å². The molecule has 1 fully saturated rings. The number of ether oxygens (including phenoxy) is 1. The molecule has 0 aliphatic carbocycles. The summed E-state index contributed by atoms with van der Waals surface area (Å²) < 4.78 is 7.62. The van der Waals surface area contributed by atoms with Gasteiger partial charge in [-0.05, 0) is 33.8 Å². The van der Waals surface area contributed by atoms with Crippen LogP contribution in [-0.4, -0.2) is 52.2 Å². The summed E-state index contributed by atoms with van der Waals surface area (Å²) in [6.45, 7) is 8.71. The summed E-state index contributed by atoms with van der Waals surface area (Å²) in [7, 11) is 0. The third kappa shape index (κ3) is 4.34. The number of pyridine rings is 1. The number of hydrogen-bond acceptors (Lipinski definition) is 8. The number of hydrogen-bond donors (Lipinski definition) is 2. The molecule has 0 amide bonds. The molecule has 0 aromatic carbocycles. The summed E-state index contributed by atoms with van der Waals surface area (Å²) >= 11 is 0. The third-order valence-corrected chi connectivity index (χ3v) is 4.86. The number of nitrogens with one attached hydrogen (secondary N) is 1. The maximum absolute atomic E-state index is 10.4. The first-order valence-electron chi connectivity index (χ1n) is 9.55. The first kappa shape index (κ1) is 19.3. The van der Waals surface area contributed by atoms with Gasteiger partial charge in [-0.3, -0.25) is 0 Å². The molecule has 3 aromatic heterocycles. The highest BCUT2D eigenvalue weighted by Gasteiger charge is 2.38. The lowest BCUT2D eigenvalue weighted by atomic mass is 9.81. The first-order valence-corrected chi connectivity index (χ1v) is 9.55. The standard InChI is InChI=1S/C20H25N7O2/c1-19(2)8-14(9-20(3,4)26-19)29-17-6-5-15(24-25-17)18-16(28)7-13(10-22-18)27-12-21-11-23-27/h5-7,10-12,14,26,28H,8-9H2,1-4H3. The van der Waals surface area contributed by atoms with Gasteiger partial charge >= 0.3 is 0 Å². The van der Waals surface area contributed by atoms with Crippen molar-refractivity contribution in [3.63, 3.8) is 0 Å². The average Bonchev–Trinajstić information content (AvgIpc) is 3.14. The molecule has 3 aromatic rings. The Labute approximate surface area is 169 Å². The van der Waals surface area contributed by atoms with E-state index in [0.29, 0.717) is 23.0 Å². The van der Waals surface area contributed by atoms with Gasteiger partial charge in [0.25, 0.3) is 0 Å². The molecule has 2 N–H and O–H groups in total. The van der Waals surface area contributed by atoms with Crippen LogP contribution in [0.15, 0.2) is 37.1 Å². The zero-order valence-electron chi connectivity index (χ0n) is 17.0. The highest BCUT2D eigenvalue weighted by atomic mass is 16.5. The summed E-state index contributed by atoms with van der Waals surface area (Å²) in [5, 5.41) is 26.4. The molecule has 9 heteroatoms. The van der Waals surface area contributed by atoms with E-state index in [1.807, 2.05) is 0 Å². The molecule has 4 heterocycles. The van der Waals surface area contributed by atoms with Crippen LogP contribution in [0.2, 0.25) is 0 Å². The minimum absolute atomic E-state index is 0.0113. The Morgan fingerprint density at radius 1 is 1.14 bits per heavy atom. The maximum atomic E-state index is 10.4. The van der Waals surface area contributed by atoms with Gasteiger partial charge in [0.1, 0.15) is 35.9 Å². The van der Waals surface area contributed by atoms with E-state index in [2.05, 4.69) is 58.3 Å². The van der Waals surface area contributed by atoms with Gasteiger partial charge in [0, 0.05) is 36.1 Å². The molecule has 0 bridgehead atoms. The van der Waals surface area contributed by atoms with Crippen molar-refractivity contribution in [2.45, 2.75) is 57.7 Å². The van der Waals surface area contributed by atoms with Crippen molar-refractivity contribution in [1.82, 2.24) is 35.3 Å². The molecular formula is C20H25N7O2. The maximum Gasteiger partial charge on any atom is 0.233 e. The van der Waals surface area contributed by atoms with Crippen LogP contribution < -0.4 is 10.1 Å².